The van der Waals surface area contributed by atoms with E-state index in [1.54, 1.807) is 0 Å². The number of benzene rings is 1. The molecule has 1 aliphatic rings. The van der Waals surface area contributed by atoms with Crippen LogP contribution in [0.3, 0.4) is 0 Å². The lowest BCUT2D eigenvalue weighted by molar-refractivity contribution is -0.154. The lowest BCUT2D eigenvalue weighted by Gasteiger charge is -2.52. The number of nitrogens with zero attached hydrogens (tertiary/aromatic N) is 1. The Bertz CT molecular complexity index is 800. The molecule has 1 amide bonds. The smallest absolute Gasteiger partial charge is 0.396 e. The average molecular weight is 372 g/mol. The van der Waals surface area contributed by atoms with Gasteiger partial charge in [-0.3, -0.25) is 4.79 Å². The molecule has 1 saturated carbocycles. The van der Waals surface area contributed by atoms with Crippen LogP contribution in [-0.4, -0.2) is 30.2 Å². The number of para-hydroxylation sites is 1. The van der Waals surface area contributed by atoms with Crippen LogP contribution in [0, 0.1) is 11.3 Å². The Balaban J connectivity index is 1.51. The van der Waals surface area contributed by atoms with Gasteiger partial charge in [0.15, 0.2) is 5.76 Å². The Morgan fingerprint density at radius 3 is 2.70 bits per heavy atom. The SMILES string of the molecule is COC(=O)C(=O)N[C@H]1C[C@@H](Cc2cc(COc3ccccc3)on2)C1(C)C. The molecule has 0 radical (unpaired) electrons. The number of methoxy groups -OCH3 is 1. The Kier molecular flexibility index (Phi) is 5.48. The Morgan fingerprint density at radius 1 is 1.30 bits per heavy atom. The van der Waals surface area contributed by atoms with Crippen LogP contribution in [0.2, 0.25) is 0 Å². The van der Waals surface area contributed by atoms with E-state index in [2.05, 4.69) is 29.1 Å². The largest absolute Gasteiger partial charge is 0.486 e. The second-order valence-electron chi connectivity index (χ2n) is 7.36. The maximum Gasteiger partial charge on any atom is 0.396 e. The summed E-state index contributed by atoms with van der Waals surface area (Å²) in [5.74, 6) is 0.208. The monoisotopic (exact) mass is 372 g/mol. The van der Waals surface area contributed by atoms with E-state index in [1.165, 1.54) is 7.11 Å². The van der Waals surface area contributed by atoms with E-state index in [0.29, 0.717) is 18.3 Å². The third-order valence-corrected chi connectivity index (χ3v) is 5.33. The van der Waals surface area contributed by atoms with Crippen molar-refractivity contribution in [2.24, 2.45) is 11.3 Å². The van der Waals surface area contributed by atoms with Crippen molar-refractivity contribution in [3.8, 4) is 5.75 Å². The fourth-order valence-electron chi connectivity index (χ4n) is 3.36. The van der Waals surface area contributed by atoms with Crippen LogP contribution in [0.5, 0.6) is 5.75 Å². The summed E-state index contributed by atoms with van der Waals surface area (Å²) >= 11 is 0. The summed E-state index contributed by atoms with van der Waals surface area (Å²) in [6.45, 7) is 4.47. The number of ether oxygens (including phenoxy) is 2. The first-order chi connectivity index (χ1) is 12.9. The van der Waals surface area contributed by atoms with E-state index >= 15 is 0 Å². The van der Waals surface area contributed by atoms with E-state index in [9.17, 15) is 9.59 Å². The first kappa shape index (κ1) is 18.9. The fraction of sp³-hybridized carbons (Fsp3) is 0.450. The van der Waals surface area contributed by atoms with Crippen molar-refractivity contribution in [1.82, 2.24) is 10.5 Å². The van der Waals surface area contributed by atoms with Gasteiger partial charge in [-0.25, -0.2) is 4.79 Å². The summed E-state index contributed by atoms with van der Waals surface area (Å²) in [6, 6.07) is 11.4. The summed E-state index contributed by atoms with van der Waals surface area (Å²) in [5.41, 5.74) is 0.709. The van der Waals surface area contributed by atoms with Gasteiger partial charge >= 0.3 is 11.9 Å². The van der Waals surface area contributed by atoms with Gasteiger partial charge in [0, 0.05) is 12.1 Å². The van der Waals surface area contributed by atoms with Gasteiger partial charge in [0.1, 0.15) is 12.4 Å². The number of nitrogens with one attached hydrogen (secondary N) is 1. The molecule has 0 saturated heterocycles. The average Bonchev–Trinajstić information content (AvgIpc) is 3.13. The van der Waals surface area contributed by atoms with Crippen LogP contribution in [-0.2, 0) is 27.4 Å². The van der Waals surface area contributed by atoms with Crippen molar-refractivity contribution >= 4 is 11.9 Å². The van der Waals surface area contributed by atoms with E-state index in [4.69, 9.17) is 9.26 Å². The third-order valence-electron chi connectivity index (χ3n) is 5.33. The van der Waals surface area contributed by atoms with Crippen LogP contribution < -0.4 is 10.1 Å². The zero-order chi connectivity index (χ0) is 19.4. The minimum absolute atomic E-state index is 0.0677. The van der Waals surface area contributed by atoms with Crippen LogP contribution in [0.15, 0.2) is 40.9 Å². The highest BCUT2D eigenvalue weighted by atomic mass is 16.5. The third kappa shape index (κ3) is 4.30. The van der Waals surface area contributed by atoms with Crippen molar-refractivity contribution in [2.45, 2.75) is 39.3 Å². The molecule has 1 aromatic carbocycles. The van der Waals surface area contributed by atoms with Crippen LogP contribution in [0.4, 0.5) is 0 Å². The predicted octanol–water partition coefficient (Wildman–Crippen LogP) is 2.50. The Labute approximate surface area is 158 Å². The zero-order valence-electron chi connectivity index (χ0n) is 15.7. The maximum atomic E-state index is 11.7. The highest BCUT2D eigenvalue weighted by Gasteiger charge is 2.49. The number of amides is 1. The number of carbonyl (C=O) groups excluding carboxylic acids is 2. The lowest BCUT2D eigenvalue weighted by Crippen LogP contribution is -2.59. The van der Waals surface area contributed by atoms with Gasteiger partial charge in [-0.2, -0.15) is 0 Å². The van der Waals surface area contributed by atoms with Gasteiger partial charge in [-0.15, -0.1) is 0 Å². The molecule has 3 rings (SSSR count). The van der Waals surface area contributed by atoms with Crippen LogP contribution >= 0.6 is 0 Å². The molecular weight excluding hydrogens is 348 g/mol. The maximum absolute atomic E-state index is 11.7. The number of hydrogen-bond acceptors (Lipinski definition) is 6. The summed E-state index contributed by atoms with van der Waals surface area (Å²) in [6.07, 6.45) is 1.52. The van der Waals surface area contributed by atoms with Crippen molar-refractivity contribution in [2.75, 3.05) is 7.11 Å². The molecular formula is C20H24N2O5. The van der Waals surface area contributed by atoms with E-state index in [0.717, 1.165) is 24.3 Å². The molecule has 0 bridgehead atoms. The summed E-state index contributed by atoms with van der Waals surface area (Å²) in [7, 11) is 1.19. The molecule has 0 aliphatic heterocycles. The molecule has 2 aromatic rings. The molecule has 2 atom stereocenters. The first-order valence-electron chi connectivity index (χ1n) is 8.91. The second kappa shape index (κ2) is 7.82. The minimum Gasteiger partial charge on any atom is -0.486 e. The van der Waals surface area contributed by atoms with Crippen molar-refractivity contribution < 1.29 is 23.6 Å². The minimum atomic E-state index is -0.867. The van der Waals surface area contributed by atoms with Gasteiger partial charge < -0.3 is 19.3 Å². The molecule has 7 heteroatoms. The Hall–Kier alpha value is -2.83. The molecule has 1 N–H and O–H groups in total. The lowest BCUT2D eigenvalue weighted by atomic mass is 9.57. The van der Waals surface area contributed by atoms with Crippen molar-refractivity contribution in [3.63, 3.8) is 0 Å². The van der Waals surface area contributed by atoms with Gasteiger partial charge in [0.25, 0.3) is 0 Å². The number of aromatic nitrogens is 1. The van der Waals surface area contributed by atoms with Gasteiger partial charge in [-0.1, -0.05) is 37.2 Å². The molecule has 1 aliphatic carbocycles. The molecule has 1 heterocycles. The number of carbonyl (C=O) groups is 2. The van der Waals surface area contributed by atoms with E-state index < -0.39 is 11.9 Å². The molecule has 144 valence electrons. The topological polar surface area (TPSA) is 90.7 Å². The van der Waals surface area contributed by atoms with E-state index in [1.807, 2.05) is 36.4 Å². The van der Waals surface area contributed by atoms with Crippen molar-refractivity contribution in [3.05, 3.63) is 47.9 Å². The predicted molar refractivity (Wildman–Crippen MR) is 96.8 cm³/mol. The summed E-state index contributed by atoms with van der Waals surface area (Å²) in [5, 5.41) is 6.87. The molecule has 27 heavy (non-hydrogen) atoms. The highest BCUT2D eigenvalue weighted by Crippen LogP contribution is 2.47. The molecule has 0 unspecified atom stereocenters. The number of rotatable bonds is 6. The summed E-state index contributed by atoms with van der Waals surface area (Å²) in [4.78, 5) is 23.0. The van der Waals surface area contributed by atoms with Crippen LogP contribution in [0.25, 0.3) is 0 Å². The molecule has 0 spiro atoms. The van der Waals surface area contributed by atoms with Gasteiger partial charge in [-0.05, 0) is 36.3 Å². The molecule has 1 fully saturated rings. The van der Waals surface area contributed by atoms with Crippen LogP contribution in [0.1, 0.15) is 31.7 Å². The normalized spacial score (nSPS) is 20.4. The highest BCUT2D eigenvalue weighted by molar-refractivity contribution is 6.32. The fourth-order valence-corrected chi connectivity index (χ4v) is 3.36. The second-order valence-corrected chi connectivity index (χ2v) is 7.36. The quantitative estimate of drug-likeness (QED) is 0.619. The molecule has 1 aromatic heterocycles. The standard InChI is InChI=1S/C20H24N2O5/c1-20(2)13(10-17(20)21-18(23)19(24)25-3)9-14-11-16(27-22-14)12-26-15-7-5-4-6-8-15/h4-8,11,13,17H,9-10,12H2,1-3H3,(H,21,23)/t13-,17+/m1/s1. The molecule has 7 nitrogen and oxygen atoms in total. The number of hydrogen-bond donors (Lipinski definition) is 1. The zero-order valence-corrected chi connectivity index (χ0v) is 15.7. The van der Waals surface area contributed by atoms with Gasteiger partial charge in [0.2, 0.25) is 0 Å². The van der Waals surface area contributed by atoms with E-state index in [-0.39, 0.29) is 11.5 Å². The first-order valence-corrected chi connectivity index (χ1v) is 8.91. The summed E-state index contributed by atoms with van der Waals surface area (Å²) < 4.78 is 15.5. The van der Waals surface area contributed by atoms with Crippen molar-refractivity contribution in [1.29, 1.82) is 0 Å². The van der Waals surface area contributed by atoms with Gasteiger partial charge in [0.05, 0.1) is 12.8 Å². The number of esters is 1. The Morgan fingerprint density at radius 2 is 2.04 bits per heavy atom.